The zero-order chi connectivity index (χ0) is 14.6. The molecule has 0 aliphatic heterocycles. The van der Waals surface area contributed by atoms with Gasteiger partial charge < -0.3 is 9.84 Å². The van der Waals surface area contributed by atoms with Crippen molar-refractivity contribution < 1.29 is 27.8 Å². The van der Waals surface area contributed by atoms with Gasteiger partial charge in [-0.2, -0.15) is 8.78 Å². The number of amides is 2. The van der Waals surface area contributed by atoms with Gasteiger partial charge in [-0.15, -0.1) is 0 Å². The standard InChI is InChI=1S/C9H11F3N4O3/c10-4-1-6(16(14)9(18)15-13)5(3-17)7(2-4)19-8(11)12/h1-2,8,17H,3,13-14H2,(H,15,18). The minimum Gasteiger partial charge on any atom is -0.434 e. The van der Waals surface area contributed by atoms with Crippen LogP contribution >= 0.6 is 0 Å². The number of nitrogens with zero attached hydrogens (tertiary/aromatic N) is 1. The van der Waals surface area contributed by atoms with E-state index in [-0.39, 0.29) is 11.3 Å². The van der Waals surface area contributed by atoms with Crippen molar-refractivity contribution in [2.24, 2.45) is 11.7 Å². The molecule has 0 radical (unpaired) electrons. The highest BCUT2D eigenvalue weighted by atomic mass is 19.3. The van der Waals surface area contributed by atoms with Crippen LogP contribution in [0, 0.1) is 5.82 Å². The van der Waals surface area contributed by atoms with Crippen LogP contribution in [0.3, 0.4) is 0 Å². The summed E-state index contributed by atoms with van der Waals surface area (Å²) in [5.74, 6) is 8.53. The summed E-state index contributed by atoms with van der Waals surface area (Å²) in [4.78, 5) is 11.2. The summed E-state index contributed by atoms with van der Waals surface area (Å²) >= 11 is 0. The van der Waals surface area contributed by atoms with Crippen LogP contribution in [0.2, 0.25) is 0 Å². The van der Waals surface area contributed by atoms with Crippen molar-refractivity contribution in [2.75, 3.05) is 5.01 Å². The molecule has 1 rings (SSSR count). The molecule has 6 N–H and O–H groups in total. The molecule has 0 heterocycles. The summed E-state index contributed by atoms with van der Waals surface area (Å²) in [6.07, 6.45) is 0. The van der Waals surface area contributed by atoms with Gasteiger partial charge in [0.15, 0.2) is 0 Å². The molecule has 0 saturated carbocycles. The molecule has 2 amide bonds. The van der Waals surface area contributed by atoms with Crippen LogP contribution in [0.5, 0.6) is 5.75 Å². The lowest BCUT2D eigenvalue weighted by Crippen LogP contribution is -2.48. The fraction of sp³-hybridized carbons (Fsp3) is 0.222. The number of anilines is 1. The Morgan fingerprint density at radius 1 is 1.53 bits per heavy atom. The number of alkyl halides is 2. The van der Waals surface area contributed by atoms with Crippen molar-refractivity contribution in [1.29, 1.82) is 0 Å². The lowest BCUT2D eigenvalue weighted by atomic mass is 10.1. The minimum atomic E-state index is -3.23. The highest BCUT2D eigenvalue weighted by Gasteiger charge is 2.21. The highest BCUT2D eigenvalue weighted by molar-refractivity contribution is 5.91. The molecule has 0 fully saturated rings. The molecule has 0 unspecified atom stereocenters. The molecule has 0 saturated heterocycles. The number of benzene rings is 1. The van der Waals surface area contributed by atoms with Gasteiger partial charge in [0.25, 0.3) is 0 Å². The fourth-order valence-electron chi connectivity index (χ4n) is 1.35. The van der Waals surface area contributed by atoms with Gasteiger partial charge in [-0.25, -0.2) is 25.9 Å². The minimum absolute atomic E-state index is 0.284. The smallest absolute Gasteiger partial charge is 0.387 e. The first-order valence-electron chi connectivity index (χ1n) is 4.84. The van der Waals surface area contributed by atoms with E-state index in [0.717, 1.165) is 6.07 Å². The van der Waals surface area contributed by atoms with Gasteiger partial charge in [0.2, 0.25) is 0 Å². The van der Waals surface area contributed by atoms with Gasteiger partial charge in [0, 0.05) is 11.6 Å². The number of carbonyl (C=O) groups excluding carboxylic acids is 1. The third kappa shape index (κ3) is 3.47. The summed E-state index contributed by atoms with van der Waals surface area (Å²) in [5.41, 5.74) is 1.02. The van der Waals surface area contributed by atoms with Gasteiger partial charge in [0.05, 0.1) is 12.3 Å². The van der Waals surface area contributed by atoms with E-state index in [1.165, 1.54) is 0 Å². The lowest BCUT2D eigenvalue weighted by molar-refractivity contribution is -0.0510. The molecule has 0 spiro atoms. The third-order valence-electron chi connectivity index (χ3n) is 2.13. The second kappa shape index (κ2) is 6.22. The first kappa shape index (κ1) is 15.0. The summed E-state index contributed by atoms with van der Waals surface area (Å²) in [5, 5.41) is 9.47. The monoisotopic (exact) mass is 280 g/mol. The lowest BCUT2D eigenvalue weighted by Gasteiger charge is -2.20. The number of aliphatic hydroxyl groups is 1. The molecule has 19 heavy (non-hydrogen) atoms. The van der Waals surface area contributed by atoms with Crippen molar-refractivity contribution in [3.05, 3.63) is 23.5 Å². The average Bonchev–Trinajstić information content (AvgIpc) is 2.35. The number of hydrogen-bond donors (Lipinski definition) is 4. The van der Waals surface area contributed by atoms with Crippen molar-refractivity contribution in [3.63, 3.8) is 0 Å². The maximum absolute atomic E-state index is 13.3. The van der Waals surface area contributed by atoms with E-state index in [1.54, 1.807) is 5.43 Å². The second-order valence-electron chi connectivity index (χ2n) is 3.26. The average molecular weight is 280 g/mol. The number of carbonyl (C=O) groups is 1. The number of hydrazine groups is 2. The molecule has 7 nitrogen and oxygen atoms in total. The van der Waals surface area contributed by atoms with Gasteiger partial charge in [-0.05, 0) is 6.07 Å². The van der Waals surface area contributed by atoms with Crippen LogP contribution in [-0.4, -0.2) is 17.7 Å². The number of nitrogens with one attached hydrogen (secondary N) is 1. The number of urea groups is 1. The number of rotatable bonds is 4. The van der Waals surface area contributed by atoms with Gasteiger partial charge in [-0.3, -0.25) is 5.43 Å². The van der Waals surface area contributed by atoms with Crippen molar-refractivity contribution in [1.82, 2.24) is 5.43 Å². The van der Waals surface area contributed by atoms with E-state index in [9.17, 15) is 18.0 Å². The maximum Gasteiger partial charge on any atom is 0.387 e. The van der Waals surface area contributed by atoms with Crippen LogP contribution in [0.15, 0.2) is 12.1 Å². The molecule has 0 bridgehead atoms. The molecule has 0 aliphatic rings. The predicted octanol–water partition coefficient (Wildman–Crippen LogP) is 0.183. The van der Waals surface area contributed by atoms with Crippen LogP contribution in [-0.2, 0) is 6.61 Å². The van der Waals surface area contributed by atoms with Crippen molar-refractivity contribution in [2.45, 2.75) is 13.2 Å². The largest absolute Gasteiger partial charge is 0.434 e. The number of aliphatic hydroxyl groups excluding tert-OH is 1. The molecular formula is C9H11F3N4O3. The Morgan fingerprint density at radius 2 is 2.16 bits per heavy atom. The SMILES string of the molecule is NNC(=O)N(N)c1cc(F)cc(OC(F)F)c1CO. The van der Waals surface area contributed by atoms with E-state index in [2.05, 4.69) is 4.74 Å². The quantitative estimate of drug-likeness (QED) is 0.357. The number of nitrogens with two attached hydrogens (primary N) is 2. The Hall–Kier alpha value is -2.04. The van der Waals surface area contributed by atoms with E-state index < -0.39 is 30.8 Å². The zero-order valence-electron chi connectivity index (χ0n) is 9.44. The number of hydrogen-bond acceptors (Lipinski definition) is 5. The van der Waals surface area contributed by atoms with Crippen LogP contribution in [0.25, 0.3) is 0 Å². The Kier molecular flexibility index (Phi) is 4.92. The molecule has 0 atom stereocenters. The Bertz CT molecular complexity index is 472. The first-order chi connectivity index (χ1) is 8.90. The third-order valence-corrected chi connectivity index (χ3v) is 2.13. The van der Waals surface area contributed by atoms with Gasteiger partial charge in [-0.1, -0.05) is 0 Å². The Morgan fingerprint density at radius 3 is 2.63 bits per heavy atom. The Labute approximate surface area is 105 Å². The molecule has 0 aliphatic carbocycles. The van der Waals surface area contributed by atoms with Crippen LogP contribution < -0.4 is 26.9 Å². The number of halogens is 3. The molecule has 0 aromatic heterocycles. The number of ether oxygens (including phenoxy) is 1. The van der Waals surface area contributed by atoms with E-state index >= 15 is 0 Å². The highest BCUT2D eigenvalue weighted by Crippen LogP contribution is 2.31. The van der Waals surface area contributed by atoms with Gasteiger partial charge >= 0.3 is 12.6 Å². The molecule has 1 aromatic rings. The topological polar surface area (TPSA) is 114 Å². The van der Waals surface area contributed by atoms with E-state index in [0.29, 0.717) is 11.1 Å². The van der Waals surface area contributed by atoms with E-state index in [4.69, 9.17) is 16.8 Å². The second-order valence-corrected chi connectivity index (χ2v) is 3.26. The summed E-state index contributed by atoms with van der Waals surface area (Å²) in [7, 11) is 0. The normalized spacial score (nSPS) is 10.5. The Balaban J connectivity index is 3.30. The maximum atomic E-state index is 13.3. The molecule has 106 valence electrons. The fourth-order valence-corrected chi connectivity index (χ4v) is 1.35. The molecular weight excluding hydrogens is 269 g/mol. The first-order valence-corrected chi connectivity index (χ1v) is 4.84. The van der Waals surface area contributed by atoms with Gasteiger partial charge in [0.1, 0.15) is 11.6 Å². The molecule has 1 aromatic carbocycles. The summed E-state index contributed by atoms with van der Waals surface area (Å²) in [6, 6.07) is 0.359. The predicted molar refractivity (Wildman–Crippen MR) is 58.3 cm³/mol. The van der Waals surface area contributed by atoms with Crippen LogP contribution in [0.1, 0.15) is 5.56 Å². The summed E-state index contributed by atoms with van der Waals surface area (Å²) in [6.45, 7) is -4.03. The zero-order valence-corrected chi connectivity index (χ0v) is 9.44. The van der Waals surface area contributed by atoms with Crippen molar-refractivity contribution >= 4 is 11.7 Å². The molecule has 10 heteroatoms. The summed E-state index contributed by atoms with van der Waals surface area (Å²) < 4.78 is 41.6. The van der Waals surface area contributed by atoms with Crippen LogP contribution in [0.4, 0.5) is 23.7 Å². The van der Waals surface area contributed by atoms with E-state index in [1.807, 2.05) is 0 Å². The van der Waals surface area contributed by atoms with Crippen molar-refractivity contribution in [3.8, 4) is 5.75 Å².